The summed E-state index contributed by atoms with van der Waals surface area (Å²) in [5.41, 5.74) is -0.0833. The van der Waals surface area contributed by atoms with Gasteiger partial charge in [0.05, 0.1) is 0 Å². The van der Waals surface area contributed by atoms with E-state index in [1.165, 1.54) is 0 Å². The lowest BCUT2D eigenvalue weighted by Crippen LogP contribution is -2.28. The van der Waals surface area contributed by atoms with Gasteiger partial charge in [0.2, 0.25) is 0 Å². The van der Waals surface area contributed by atoms with Crippen LogP contribution in [0.4, 0.5) is 4.39 Å². The molecule has 0 spiro atoms. The minimum atomic E-state index is -0.205. The third kappa shape index (κ3) is 1.33. The molecular formula is C5H11ClFN. The van der Waals surface area contributed by atoms with Gasteiger partial charge in [0.1, 0.15) is 6.67 Å². The van der Waals surface area contributed by atoms with Crippen LogP contribution in [-0.2, 0) is 0 Å². The first-order valence-corrected chi connectivity index (χ1v) is 2.58. The van der Waals surface area contributed by atoms with E-state index >= 15 is 0 Å². The highest BCUT2D eigenvalue weighted by Crippen LogP contribution is 2.34. The Kier molecular flexibility index (Phi) is 2.71. The minimum Gasteiger partial charge on any atom is -0.312 e. The van der Waals surface area contributed by atoms with Crippen molar-refractivity contribution in [2.24, 2.45) is 0 Å². The molecular weight excluding hydrogens is 129 g/mol. The van der Waals surface area contributed by atoms with Crippen LogP contribution >= 0.6 is 12.4 Å². The molecule has 1 aliphatic rings. The summed E-state index contributed by atoms with van der Waals surface area (Å²) in [7, 11) is 1.81. The molecule has 1 aliphatic carbocycles. The quantitative estimate of drug-likeness (QED) is 0.605. The second-order valence-electron chi connectivity index (χ2n) is 2.16. The average Bonchev–Trinajstić information content (AvgIpc) is 2.46. The Labute approximate surface area is 55.1 Å². The highest BCUT2D eigenvalue weighted by molar-refractivity contribution is 5.85. The summed E-state index contributed by atoms with van der Waals surface area (Å²) >= 11 is 0. The lowest BCUT2D eigenvalue weighted by molar-refractivity contribution is 0.377. The van der Waals surface area contributed by atoms with E-state index in [9.17, 15) is 4.39 Å². The first-order valence-electron chi connectivity index (χ1n) is 2.58. The summed E-state index contributed by atoms with van der Waals surface area (Å²) in [6.45, 7) is -0.205. The van der Waals surface area contributed by atoms with Crippen LogP contribution in [0.15, 0.2) is 0 Å². The summed E-state index contributed by atoms with van der Waals surface area (Å²) in [6.07, 6.45) is 2.03. The largest absolute Gasteiger partial charge is 0.312 e. The van der Waals surface area contributed by atoms with Crippen molar-refractivity contribution in [2.45, 2.75) is 18.4 Å². The zero-order valence-corrected chi connectivity index (χ0v) is 5.72. The standard InChI is InChI=1S/C5H10FN.ClH/c1-7-5(4-6)2-3-5;/h7H,2-4H2,1H3;1H. The lowest BCUT2D eigenvalue weighted by Gasteiger charge is -2.05. The van der Waals surface area contributed by atoms with E-state index in [1.54, 1.807) is 0 Å². The van der Waals surface area contributed by atoms with Crippen LogP contribution in [0.2, 0.25) is 0 Å². The van der Waals surface area contributed by atoms with Gasteiger partial charge in [-0.25, -0.2) is 4.39 Å². The van der Waals surface area contributed by atoms with E-state index in [1.807, 2.05) is 7.05 Å². The van der Waals surface area contributed by atoms with Gasteiger partial charge in [0.25, 0.3) is 0 Å². The van der Waals surface area contributed by atoms with Crippen LogP contribution < -0.4 is 5.32 Å². The fraction of sp³-hybridized carbons (Fsp3) is 1.00. The fourth-order valence-electron chi connectivity index (χ4n) is 0.601. The molecule has 8 heavy (non-hydrogen) atoms. The van der Waals surface area contributed by atoms with Gasteiger partial charge in [-0.05, 0) is 19.9 Å². The zero-order chi connectivity index (χ0) is 5.33. The first kappa shape index (κ1) is 8.18. The van der Waals surface area contributed by atoms with Gasteiger partial charge >= 0.3 is 0 Å². The van der Waals surface area contributed by atoms with Gasteiger partial charge in [-0.2, -0.15) is 0 Å². The van der Waals surface area contributed by atoms with Gasteiger partial charge in [0, 0.05) is 5.54 Å². The monoisotopic (exact) mass is 139 g/mol. The maximum absolute atomic E-state index is 11.8. The van der Waals surface area contributed by atoms with Gasteiger partial charge in [-0.1, -0.05) is 0 Å². The molecule has 0 aromatic carbocycles. The molecule has 0 bridgehead atoms. The number of halogens is 2. The third-order valence-corrected chi connectivity index (χ3v) is 1.64. The van der Waals surface area contributed by atoms with E-state index in [2.05, 4.69) is 5.32 Å². The maximum atomic E-state index is 11.8. The number of rotatable bonds is 2. The van der Waals surface area contributed by atoms with Crippen LogP contribution in [0.1, 0.15) is 12.8 Å². The Bertz CT molecular complexity index is 66.8. The van der Waals surface area contributed by atoms with Crippen molar-refractivity contribution >= 4 is 12.4 Å². The zero-order valence-electron chi connectivity index (χ0n) is 4.91. The molecule has 50 valence electrons. The third-order valence-electron chi connectivity index (χ3n) is 1.64. The molecule has 0 unspecified atom stereocenters. The van der Waals surface area contributed by atoms with Crippen molar-refractivity contribution < 1.29 is 4.39 Å². The summed E-state index contributed by atoms with van der Waals surface area (Å²) in [4.78, 5) is 0. The summed E-state index contributed by atoms with van der Waals surface area (Å²) < 4.78 is 11.8. The van der Waals surface area contributed by atoms with Crippen molar-refractivity contribution in [2.75, 3.05) is 13.7 Å². The van der Waals surface area contributed by atoms with E-state index < -0.39 is 0 Å². The second-order valence-corrected chi connectivity index (χ2v) is 2.16. The van der Waals surface area contributed by atoms with Gasteiger partial charge in [-0.3, -0.25) is 0 Å². The minimum absolute atomic E-state index is 0. The van der Waals surface area contributed by atoms with Crippen molar-refractivity contribution in [3.05, 3.63) is 0 Å². The predicted molar refractivity (Wildman–Crippen MR) is 34.2 cm³/mol. The molecule has 0 aromatic rings. The van der Waals surface area contributed by atoms with Crippen LogP contribution in [0.3, 0.4) is 0 Å². The SMILES string of the molecule is CNC1(CF)CC1.Cl. The predicted octanol–water partition coefficient (Wildman–Crippen LogP) is 1.13. The molecule has 0 amide bonds. The molecule has 0 saturated heterocycles. The van der Waals surface area contributed by atoms with Crippen LogP contribution in [-0.4, -0.2) is 19.3 Å². The first-order chi connectivity index (χ1) is 3.33. The Hall–Kier alpha value is 0.180. The molecule has 0 aliphatic heterocycles. The smallest absolute Gasteiger partial charge is 0.108 e. The topological polar surface area (TPSA) is 12.0 Å². The summed E-state index contributed by atoms with van der Waals surface area (Å²) in [5, 5.41) is 2.93. The number of alkyl halides is 1. The fourth-order valence-corrected chi connectivity index (χ4v) is 0.601. The van der Waals surface area contributed by atoms with E-state index in [4.69, 9.17) is 0 Å². The molecule has 3 heteroatoms. The average molecular weight is 140 g/mol. The normalized spacial score (nSPS) is 21.8. The molecule has 1 nitrogen and oxygen atoms in total. The van der Waals surface area contributed by atoms with Gasteiger partial charge in [-0.15, -0.1) is 12.4 Å². The highest BCUT2D eigenvalue weighted by atomic mass is 35.5. The molecule has 1 fully saturated rings. The number of nitrogens with one attached hydrogen (secondary N) is 1. The van der Waals surface area contributed by atoms with E-state index in [-0.39, 0.29) is 24.6 Å². The molecule has 1 N–H and O–H groups in total. The van der Waals surface area contributed by atoms with Crippen molar-refractivity contribution in [1.82, 2.24) is 5.32 Å². The molecule has 0 atom stereocenters. The van der Waals surface area contributed by atoms with Crippen LogP contribution in [0, 0.1) is 0 Å². The molecule has 1 saturated carbocycles. The number of hydrogen-bond donors (Lipinski definition) is 1. The lowest BCUT2D eigenvalue weighted by atomic mass is 10.3. The van der Waals surface area contributed by atoms with Gasteiger partial charge < -0.3 is 5.32 Å². The Morgan fingerprint density at radius 2 is 2.12 bits per heavy atom. The van der Waals surface area contributed by atoms with Crippen LogP contribution in [0.5, 0.6) is 0 Å². The Balaban J connectivity index is 0.000000490. The van der Waals surface area contributed by atoms with Crippen molar-refractivity contribution in [1.29, 1.82) is 0 Å². The van der Waals surface area contributed by atoms with Gasteiger partial charge in [0.15, 0.2) is 0 Å². The Morgan fingerprint density at radius 1 is 1.62 bits per heavy atom. The molecule has 0 heterocycles. The Morgan fingerprint density at radius 3 is 2.12 bits per heavy atom. The van der Waals surface area contributed by atoms with E-state index in [0.29, 0.717) is 0 Å². The molecule has 0 aromatic heterocycles. The van der Waals surface area contributed by atoms with E-state index in [0.717, 1.165) is 12.8 Å². The summed E-state index contributed by atoms with van der Waals surface area (Å²) in [5.74, 6) is 0. The second kappa shape index (κ2) is 2.65. The maximum Gasteiger partial charge on any atom is 0.108 e. The highest BCUT2D eigenvalue weighted by Gasteiger charge is 2.40. The van der Waals surface area contributed by atoms with Crippen molar-refractivity contribution in [3.63, 3.8) is 0 Å². The number of hydrogen-bond acceptors (Lipinski definition) is 1. The molecule has 1 rings (SSSR count). The summed E-state index contributed by atoms with van der Waals surface area (Å²) in [6, 6.07) is 0. The van der Waals surface area contributed by atoms with Crippen LogP contribution in [0.25, 0.3) is 0 Å². The molecule has 0 radical (unpaired) electrons. The van der Waals surface area contributed by atoms with Crippen molar-refractivity contribution in [3.8, 4) is 0 Å².